The molecule has 2 heterocycles. The van der Waals surface area contributed by atoms with Crippen LogP contribution in [-0.2, 0) is 4.74 Å². The number of aromatic amines is 1. The van der Waals surface area contributed by atoms with Crippen molar-refractivity contribution in [1.29, 1.82) is 0 Å². The largest absolute Gasteiger partial charge is 0.378 e. The Morgan fingerprint density at radius 1 is 1.41 bits per heavy atom. The number of ether oxygens (including phenoxy) is 1. The Bertz CT molecular complexity index is 327. The molecule has 1 aliphatic heterocycles. The van der Waals surface area contributed by atoms with Crippen LogP contribution < -0.4 is 5.32 Å². The van der Waals surface area contributed by atoms with Gasteiger partial charge in [-0.15, -0.1) is 10.2 Å². The van der Waals surface area contributed by atoms with E-state index in [0.29, 0.717) is 18.1 Å². The number of rotatable bonds is 4. The van der Waals surface area contributed by atoms with E-state index in [1.54, 1.807) is 0 Å². The first-order valence-electron chi connectivity index (χ1n) is 6.27. The maximum atomic E-state index is 5.75. The quantitative estimate of drug-likeness (QED) is 0.821. The molecule has 17 heavy (non-hydrogen) atoms. The SMILES string of the molecule is CC(NC1CCOC(C(C)C)C1)c1nn[nH]n1. The molecule has 2 rings (SSSR count). The molecule has 0 bridgehead atoms. The van der Waals surface area contributed by atoms with E-state index in [1.807, 2.05) is 0 Å². The second-order valence-corrected chi connectivity index (χ2v) is 5.03. The van der Waals surface area contributed by atoms with Crippen molar-refractivity contribution in [3.63, 3.8) is 0 Å². The van der Waals surface area contributed by atoms with E-state index in [0.717, 1.165) is 25.3 Å². The summed E-state index contributed by atoms with van der Waals surface area (Å²) in [5.41, 5.74) is 0. The first kappa shape index (κ1) is 12.4. The maximum Gasteiger partial charge on any atom is 0.191 e. The van der Waals surface area contributed by atoms with Crippen LogP contribution in [0.25, 0.3) is 0 Å². The molecule has 1 aromatic rings. The first-order chi connectivity index (χ1) is 8.16. The summed E-state index contributed by atoms with van der Waals surface area (Å²) >= 11 is 0. The highest BCUT2D eigenvalue weighted by Gasteiger charge is 2.26. The van der Waals surface area contributed by atoms with Crippen molar-refractivity contribution in [2.75, 3.05) is 6.61 Å². The van der Waals surface area contributed by atoms with Gasteiger partial charge in [0.05, 0.1) is 12.1 Å². The summed E-state index contributed by atoms with van der Waals surface area (Å²) in [6.07, 6.45) is 2.46. The zero-order valence-corrected chi connectivity index (χ0v) is 10.7. The highest BCUT2D eigenvalue weighted by atomic mass is 16.5. The fraction of sp³-hybridized carbons (Fsp3) is 0.909. The van der Waals surface area contributed by atoms with Crippen LogP contribution in [0.3, 0.4) is 0 Å². The van der Waals surface area contributed by atoms with Gasteiger partial charge in [0.15, 0.2) is 5.82 Å². The molecule has 0 amide bonds. The van der Waals surface area contributed by atoms with Crippen molar-refractivity contribution in [3.05, 3.63) is 5.82 Å². The molecule has 0 aliphatic carbocycles. The van der Waals surface area contributed by atoms with Gasteiger partial charge in [0.1, 0.15) is 0 Å². The maximum absolute atomic E-state index is 5.75. The Hall–Kier alpha value is -1.01. The molecule has 6 heteroatoms. The molecule has 0 spiro atoms. The Morgan fingerprint density at radius 2 is 2.24 bits per heavy atom. The van der Waals surface area contributed by atoms with Crippen LogP contribution in [0, 0.1) is 5.92 Å². The summed E-state index contributed by atoms with van der Waals surface area (Å²) in [5.74, 6) is 1.29. The molecule has 0 radical (unpaired) electrons. The van der Waals surface area contributed by atoms with Crippen molar-refractivity contribution >= 4 is 0 Å². The Labute approximate surface area is 102 Å². The van der Waals surface area contributed by atoms with E-state index in [-0.39, 0.29) is 6.04 Å². The van der Waals surface area contributed by atoms with Gasteiger partial charge in [-0.3, -0.25) is 0 Å². The Morgan fingerprint density at radius 3 is 2.88 bits per heavy atom. The number of H-pyrrole nitrogens is 1. The molecule has 1 aromatic heterocycles. The number of aromatic nitrogens is 4. The van der Waals surface area contributed by atoms with Crippen molar-refractivity contribution in [2.45, 2.75) is 51.8 Å². The zero-order chi connectivity index (χ0) is 12.3. The van der Waals surface area contributed by atoms with Gasteiger partial charge in [-0.05, 0) is 25.7 Å². The van der Waals surface area contributed by atoms with E-state index in [9.17, 15) is 0 Å². The highest BCUT2D eigenvalue weighted by molar-refractivity contribution is 4.89. The fourth-order valence-electron chi connectivity index (χ4n) is 2.23. The first-order valence-corrected chi connectivity index (χ1v) is 6.27. The third-order valence-electron chi connectivity index (χ3n) is 3.29. The van der Waals surface area contributed by atoms with Crippen molar-refractivity contribution in [2.24, 2.45) is 5.92 Å². The summed E-state index contributed by atoms with van der Waals surface area (Å²) in [6.45, 7) is 7.30. The minimum absolute atomic E-state index is 0.129. The van der Waals surface area contributed by atoms with Gasteiger partial charge in [0, 0.05) is 12.6 Å². The van der Waals surface area contributed by atoms with Crippen molar-refractivity contribution < 1.29 is 4.74 Å². The molecule has 1 aliphatic rings. The second-order valence-electron chi connectivity index (χ2n) is 5.03. The third-order valence-corrected chi connectivity index (χ3v) is 3.29. The lowest BCUT2D eigenvalue weighted by Crippen LogP contribution is -2.42. The van der Waals surface area contributed by atoms with Gasteiger partial charge in [0.25, 0.3) is 0 Å². The predicted octanol–water partition coefficient (Wildman–Crippen LogP) is 1.05. The van der Waals surface area contributed by atoms with Crippen LogP contribution in [-0.4, -0.2) is 39.4 Å². The second kappa shape index (κ2) is 5.55. The lowest BCUT2D eigenvalue weighted by Gasteiger charge is -2.33. The van der Waals surface area contributed by atoms with Gasteiger partial charge in [-0.1, -0.05) is 19.1 Å². The van der Waals surface area contributed by atoms with Gasteiger partial charge in [0.2, 0.25) is 0 Å². The zero-order valence-electron chi connectivity index (χ0n) is 10.7. The predicted molar refractivity (Wildman–Crippen MR) is 63.3 cm³/mol. The molecule has 96 valence electrons. The van der Waals surface area contributed by atoms with Crippen LogP contribution in [0.1, 0.15) is 45.5 Å². The number of tetrazole rings is 1. The fourth-order valence-corrected chi connectivity index (χ4v) is 2.23. The average Bonchev–Trinajstić information content (AvgIpc) is 2.82. The van der Waals surface area contributed by atoms with E-state index in [2.05, 4.69) is 46.7 Å². The summed E-state index contributed by atoms with van der Waals surface area (Å²) in [5, 5.41) is 17.6. The Balaban J connectivity index is 1.86. The summed E-state index contributed by atoms with van der Waals surface area (Å²) in [7, 11) is 0. The van der Waals surface area contributed by atoms with Crippen molar-refractivity contribution in [1.82, 2.24) is 25.9 Å². The third kappa shape index (κ3) is 3.23. The topological polar surface area (TPSA) is 75.7 Å². The number of nitrogens with one attached hydrogen (secondary N) is 2. The van der Waals surface area contributed by atoms with E-state index >= 15 is 0 Å². The molecular weight excluding hydrogens is 218 g/mol. The molecular formula is C11H21N5O. The Kier molecular flexibility index (Phi) is 4.06. The molecule has 6 nitrogen and oxygen atoms in total. The normalized spacial score (nSPS) is 27.3. The monoisotopic (exact) mass is 239 g/mol. The molecule has 0 aromatic carbocycles. The van der Waals surface area contributed by atoms with E-state index < -0.39 is 0 Å². The lowest BCUT2D eigenvalue weighted by molar-refractivity contribution is -0.0258. The van der Waals surface area contributed by atoms with Gasteiger partial charge in [-0.2, -0.15) is 5.21 Å². The molecule has 3 unspecified atom stereocenters. The minimum atomic E-state index is 0.129. The number of hydrogen-bond donors (Lipinski definition) is 2. The van der Waals surface area contributed by atoms with Crippen LogP contribution in [0.5, 0.6) is 0 Å². The van der Waals surface area contributed by atoms with Crippen LogP contribution >= 0.6 is 0 Å². The smallest absolute Gasteiger partial charge is 0.191 e. The van der Waals surface area contributed by atoms with Crippen molar-refractivity contribution in [3.8, 4) is 0 Å². The molecule has 1 saturated heterocycles. The average molecular weight is 239 g/mol. The molecule has 2 N–H and O–H groups in total. The standard InChI is InChI=1S/C11H21N5O/c1-7(2)10-6-9(4-5-17-10)12-8(3)11-13-15-16-14-11/h7-10,12H,4-6H2,1-3H3,(H,13,14,15,16). The van der Waals surface area contributed by atoms with Gasteiger partial charge >= 0.3 is 0 Å². The van der Waals surface area contributed by atoms with Crippen LogP contribution in [0.2, 0.25) is 0 Å². The van der Waals surface area contributed by atoms with Crippen LogP contribution in [0.15, 0.2) is 0 Å². The van der Waals surface area contributed by atoms with Gasteiger partial charge < -0.3 is 10.1 Å². The summed E-state index contributed by atoms with van der Waals surface area (Å²) < 4.78 is 5.75. The molecule has 1 fully saturated rings. The van der Waals surface area contributed by atoms with E-state index in [4.69, 9.17) is 4.74 Å². The minimum Gasteiger partial charge on any atom is -0.378 e. The van der Waals surface area contributed by atoms with Crippen LogP contribution in [0.4, 0.5) is 0 Å². The summed E-state index contributed by atoms with van der Waals surface area (Å²) in [4.78, 5) is 0. The van der Waals surface area contributed by atoms with Gasteiger partial charge in [-0.25, -0.2) is 0 Å². The highest BCUT2D eigenvalue weighted by Crippen LogP contribution is 2.21. The number of hydrogen-bond acceptors (Lipinski definition) is 5. The lowest BCUT2D eigenvalue weighted by atomic mass is 9.95. The van der Waals surface area contributed by atoms with E-state index in [1.165, 1.54) is 0 Å². The summed E-state index contributed by atoms with van der Waals surface area (Å²) in [6, 6.07) is 0.606. The molecule has 0 saturated carbocycles. The molecule has 3 atom stereocenters. The number of nitrogens with zero attached hydrogens (tertiary/aromatic N) is 3.